The molecule has 0 bridgehead atoms. The fraction of sp³-hybridized carbons (Fsp3) is 0.696. The van der Waals surface area contributed by atoms with Gasteiger partial charge in [0.1, 0.15) is 0 Å². The number of carbonyl (C=O) groups excluding carboxylic acids is 1. The third-order valence-corrected chi connectivity index (χ3v) is 7.87. The quantitative estimate of drug-likeness (QED) is 0.634. The highest BCUT2D eigenvalue weighted by molar-refractivity contribution is 7.89. The summed E-state index contributed by atoms with van der Waals surface area (Å²) in [6, 6.07) is 6.99. The van der Waals surface area contributed by atoms with Gasteiger partial charge in [0.05, 0.1) is 17.6 Å². The molecule has 0 spiro atoms. The van der Waals surface area contributed by atoms with Gasteiger partial charge in [-0.05, 0) is 30.0 Å². The molecule has 0 saturated carbocycles. The predicted octanol–water partition coefficient (Wildman–Crippen LogP) is 2.01. The minimum absolute atomic E-state index is 0.0104. The lowest BCUT2D eigenvalue weighted by Crippen LogP contribution is -2.55. The van der Waals surface area contributed by atoms with Crippen molar-refractivity contribution in [3.63, 3.8) is 0 Å². The van der Waals surface area contributed by atoms with E-state index in [0.717, 1.165) is 38.0 Å². The van der Waals surface area contributed by atoms with Crippen molar-refractivity contribution >= 4 is 16.1 Å². The van der Waals surface area contributed by atoms with Gasteiger partial charge in [-0.1, -0.05) is 39.3 Å². The maximum Gasteiger partial charge on any atom is 0.317 e. The minimum Gasteiger partial charge on any atom is -0.374 e. The molecule has 1 atom stereocenters. The maximum absolute atomic E-state index is 13.0. The number of urea groups is 1. The van der Waals surface area contributed by atoms with E-state index in [1.165, 1.54) is 4.31 Å². The number of nitrogens with one attached hydrogen (secondary N) is 1. The molecule has 8 nitrogen and oxygen atoms in total. The van der Waals surface area contributed by atoms with Gasteiger partial charge in [0.2, 0.25) is 10.0 Å². The molecule has 180 valence electrons. The van der Waals surface area contributed by atoms with Crippen molar-refractivity contribution in [2.24, 2.45) is 5.92 Å². The Bertz CT molecular complexity index is 836. The molecule has 2 amide bonds. The second-order valence-electron chi connectivity index (χ2n) is 9.12. The van der Waals surface area contributed by atoms with Gasteiger partial charge in [0, 0.05) is 52.4 Å². The number of rotatable bonds is 8. The molecular formula is C23H38N4O4S. The lowest BCUT2D eigenvalue weighted by atomic mass is 10.1. The molecule has 1 N–H and O–H groups in total. The van der Waals surface area contributed by atoms with E-state index in [1.54, 1.807) is 17.0 Å². The lowest BCUT2D eigenvalue weighted by Gasteiger charge is -2.36. The number of hydrogen-bond donors (Lipinski definition) is 1. The van der Waals surface area contributed by atoms with Crippen molar-refractivity contribution in [3.05, 3.63) is 29.8 Å². The Morgan fingerprint density at radius 1 is 1.12 bits per heavy atom. The molecule has 9 heteroatoms. The van der Waals surface area contributed by atoms with Crippen LogP contribution in [-0.4, -0.2) is 93.6 Å². The summed E-state index contributed by atoms with van der Waals surface area (Å²) in [7, 11) is -3.54. The zero-order valence-electron chi connectivity index (χ0n) is 19.6. The van der Waals surface area contributed by atoms with E-state index in [1.807, 2.05) is 12.1 Å². The SMILES string of the molecule is CCCc1ccc(S(=O)(=O)N2CCN(C(=O)NC[C@H]3CN(CC(C)C)CCO3)CC2)cc1. The fourth-order valence-electron chi connectivity index (χ4n) is 4.30. The van der Waals surface area contributed by atoms with Gasteiger partial charge >= 0.3 is 6.03 Å². The van der Waals surface area contributed by atoms with Crippen molar-refractivity contribution in [2.45, 2.75) is 44.6 Å². The summed E-state index contributed by atoms with van der Waals surface area (Å²) < 4.78 is 33.2. The number of aryl methyl sites for hydroxylation is 1. The Morgan fingerprint density at radius 2 is 1.81 bits per heavy atom. The van der Waals surface area contributed by atoms with Crippen LogP contribution in [0.1, 0.15) is 32.8 Å². The molecule has 2 aliphatic rings. The summed E-state index contributed by atoms with van der Waals surface area (Å²) in [6.07, 6.45) is 1.96. The highest BCUT2D eigenvalue weighted by atomic mass is 32.2. The molecule has 2 heterocycles. The molecule has 0 unspecified atom stereocenters. The molecule has 32 heavy (non-hydrogen) atoms. The largest absolute Gasteiger partial charge is 0.374 e. The van der Waals surface area contributed by atoms with E-state index >= 15 is 0 Å². The second kappa shape index (κ2) is 11.4. The Hall–Kier alpha value is -1.68. The summed E-state index contributed by atoms with van der Waals surface area (Å²) >= 11 is 0. The number of ether oxygens (including phenoxy) is 1. The van der Waals surface area contributed by atoms with Gasteiger partial charge in [0.15, 0.2) is 0 Å². The number of nitrogens with zero attached hydrogens (tertiary/aromatic N) is 3. The third-order valence-electron chi connectivity index (χ3n) is 5.95. The Kier molecular flexibility index (Phi) is 8.93. The number of morpholine rings is 1. The zero-order chi connectivity index (χ0) is 23.1. The number of benzene rings is 1. The van der Waals surface area contributed by atoms with Gasteiger partial charge in [-0.15, -0.1) is 0 Å². The molecule has 0 aromatic heterocycles. The van der Waals surface area contributed by atoms with Crippen LogP contribution >= 0.6 is 0 Å². The molecule has 2 aliphatic heterocycles. The van der Waals surface area contributed by atoms with Crippen LogP contribution in [0, 0.1) is 5.92 Å². The number of amides is 2. The minimum atomic E-state index is -3.54. The van der Waals surface area contributed by atoms with Crippen LogP contribution in [0.2, 0.25) is 0 Å². The van der Waals surface area contributed by atoms with Crippen LogP contribution in [0.25, 0.3) is 0 Å². The highest BCUT2D eigenvalue weighted by Crippen LogP contribution is 2.19. The molecule has 3 rings (SSSR count). The van der Waals surface area contributed by atoms with E-state index in [4.69, 9.17) is 4.74 Å². The molecule has 2 fully saturated rings. The Labute approximate surface area is 192 Å². The molecule has 1 aromatic carbocycles. The zero-order valence-corrected chi connectivity index (χ0v) is 20.4. The number of piperazine rings is 1. The second-order valence-corrected chi connectivity index (χ2v) is 11.1. The molecule has 0 radical (unpaired) electrons. The fourth-order valence-corrected chi connectivity index (χ4v) is 5.72. The third kappa shape index (κ3) is 6.66. The van der Waals surface area contributed by atoms with Crippen molar-refractivity contribution in [1.82, 2.24) is 19.4 Å². The van der Waals surface area contributed by atoms with Crippen LogP contribution in [0.3, 0.4) is 0 Å². The first-order valence-electron chi connectivity index (χ1n) is 11.8. The van der Waals surface area contributed by atoms with Crippen LogP contribution in [0.5, 0.6) is 0 Å². The summed E-state index contributed by atoms with van der Waals surface area (Å²) in [5.41, 5.74) is 1.14. The topological polar surface area (TPSA) is 82.2 Å². The van der Waals surface area contributed by atoms with Crippen LogP contribution in [-0.2, 0) is 21.2 Å². The first kappa shape index (κ1) is 25.0. The van der Waals surface area contributed by atoms with Gasteiger partial charge in [-0.25, -0.2) is 13.2 Å². The molecule has 1 aromatic rings. The van der Waals surface area contributed by atoms with E-state index in [2.05, 4.69) is 31.0 Å². The average molecular weight is 467 g/mol. The number of sulfonamides is 1. The van der Waals surface area contributed by atoms with Gasteiger partial charge in [-0.3, -0.25) is 4.90 Å². The van der Waals surface area contributed by atoms with E-state index in [0.29, 0.717) is 50.1 Å². The van der Waals surface area contributed by atoms with E-state index in [-0.39, 0.29) is 12.1 Å². The summed E-state index contributed by atoms with van der Waals surface area (Å²) in [5, 5.41) is 2.97. The van der Waals surface area contributed by atoms with Gasteiger partial charge in [0.25, 0.3) is 0 Å². The van der Waals surface area contributed by atoms with Gasteiger partial charge in [-0.2, -0.15) is 4.31 Å². The van der Waals surface area contributed by atoms with Crippen molar-refractivity contribution in [1.29, 1.82) is 0 Å². The predicted molar refractivity (Wildman–Crippen MR) is 125 cm³/mol. The monoisotopic (exact) mass is 466 g/mol. The van der Waals surface area contributed by atoms with Gasteiger partial charge < -0.3 is 15.0 Å². The van der Waals surface area contributed by atoms with E-state index < -0.39 is 10.0 Å². The van der Waals surface area contributed by atoms with Crippen molar-refractivity contribution in [3.8, 4) is 0 Å². The number of carbonyl (C=O) groups is 1. The molecule has 2 saturated heterocycles. The smallest absolute Gasteiger partial charge is 0.317 e. The van der Waals surface area contributed by atoms with Crippen LogP contribution in [0.4, 0.5) is 4.79 Å². The lowest BCUT2D eigenvalue weighted by molar-refractivity contribution is -0.0294. The van der Waals surface area contributed by atoms with Crippen molar-refractivity contribution in [2.75, 3.05) is 59.0 Å². The Balaban J connectivity index is 1.46. The normalized spacial score (nSPS) is 21.1. The molecule has 0 aliphatic carbocycles. The summed E-state index contributed by atoms with van der Waals surface area (Å²) in [6.45, 7) is 11.8. The standard InChI is InChI=1S/C23H38N4O4S/c1-4-5-20-6-8-22(9-7-20)32(29,30)27-12-10-26(11-13-27)23(28)24-16-21-18-25(14-15-31-21)17-19(2)3/h6-9,19,21H,4-5,10-18H2,1-3H3,(H,24,28)/t21-/m0/s1. The maximum atomic E-state index is 13.0. The summed E-state index contributed by atoms with van der Waals surface area (Å²) in [5.74, 6) is 0.602. The molecular weight excluding hydrogens is 428 g/mol. The summed E-state index contributed by atoms with van der Waals surface area (Å²) in [4.78, 5) is 17.0. The average Bonchev–Trinajstić information content (AvgIpc) is 2.78. The van der Waals surface area contributed by atoms with Crippen molar-refractivity contribution < 1.29 is 17.9 Å². The van der Waals surface area contributed by atoms with E-state index in [9.17, 15) is 13.2 Å². The first-order valence-corrected chi connectivity index (χ1v) is 13.2. The van der Waals surface area contributed by atoms with Crippen LogP contribution < -0.4 is 5.32 Å². The number of hydrogen-bond acceptors (Lipinski definition) is 5. The highest BCUT2D eigenvalue weighted by Gasteiger charge is 2.30. The first-order chi connectivity index (χ1) is 15.3. The van der Waals surface area contributed by atoms with Crippen LogP contribution in [0.15, 0.2) is 29.2 Å². The Morgan fingerprint density at radius 3 is 2.44 bits per heavy atom.